The molecule has 1 aromatic rings. The second kappa shape index (κ2) is 5.33. The lowest BCUT2D eigenvalue weighted by Crippen LogP contribution is -2.56. The molecule has 1 saturated heterocycles. The molecule has 1 aliphatic heterocycles. The van der Waals surface area contributed by atoms with Crippen LogP contribution in [0, 0.1) is 0 Å². The quantitative estimate of drug-likeness (QED) is 0.808. The van der Waals surface area contributed by atoms with Gasteiger partial charge in [-0.05, 0) is 24.1 Å². The van der Waals surface area contributed by atoms with E-state index in [4.69, 9.17) is 0 Å². The van der Waals surface area contributed by atoms with Crippen LogP contribution in [0.15, 0.2) is 28.7 Å². The van der Waals surface area contributed by atoms with E-state index in [1.165, 1.54) is 35.7 Å². The van der Waals surface area contributed by atoms with Crippen molar-refractivity contribution in [3.8, 4) is 0 Å². The first-order valence-electron chi connectivity index (χ1n) is 6.24. The Kier molecular flexibility index (Phi) is 4.04. The molecule has 88 valence electrons. The molecule has 0 atom stereocenters. The van der Waals surface area contributed by atoms with Crippen LogP contribution in [-0.4, -0.2) is 13.1 Å². The van der Waals surface area contributed by atoms with Crippen LogP contribution in [0.3, 0.4) is 0 Å². The fourth-order valence-electron chi connectivity index (χ4n) is 2.48. The highest BCUT2D eigenvalue weighted by molar-refractivity contribution is 9.10. The van der Waals surface area contributed by atoms with E-state index in [9.17, 15) is 0 Å². The van der Waals surface area contributed by atoms with Crippen molar-refractivity contribution in [2.75, 3.05) is 13.1 Å². The Morgan fingerprint density at radius 3 is 2.69 bits per heavy atom. The predicted octanol–water partition coefficient (Wildman–Crippen LogP) is 3.87. The van der Waals surface area contributed by atoms with Crippen molar-refractivity contribution in [2.45, 2.75) is 38.0 Å². The molecule has 2 rings (SSSR count). The molecule has 0 saturated carbocycles. The van der Waals surface area contributed by atoms with Crippen LogP contribution in [0.25, 0.3) is 0 Å². The lowest BCUT2D eigenvalue weighted by molar-refractivity contribution is 0.250. The second-order valence-electron chi connectivity index (χ2n) is 4.85. The molecule has 16 heavy (non-hydrogen) atoms. The average molecular weight is 282 g/mol. The Morgan fingerprint density at radius 1 is 1.31 bits per heavy atom. The van der Waals surface area contributed by atoms with Crippen LogP contribution >= 0.6 is 15.9 Å². The summed E-state index contributed by atoms with van der Waals surface area (Å²) in [6, 6.07) is 8.82. The predicted molar refractivity (Wildman–Crippen MR) is 72.8 cm³/mol. The van der Waals surface area contributed by atoms with Gasteiger partial charge in [-0.3, -0.25) is 0 Å². The van der Waals surface area contributed by atoms with E-state index in [1.807, 2.05) is 0 Å². The molecular weight excluding hydrogens is 262 g/mol. The smallest absolute Gasteiger partial charge is 0.0203 e. The first-order valence-corrected chi connectivity index (χ1v) is 7.03. The second-order valence-corrected chi connectivity index (χ2v) is 5.77. The Morgan fingerprint density at radius 2 is 2.12 bits per heavy atom. The van der Waals surface area contributed by atoms with E-state index in [0.717, 1.165) is 13.1 Å². The third-order valence-corrected chi connectivity index (χ3v) is 4.12. The third kappa shape index (κ3) is 2.49. The van der Waals surface area contributed by atoms with Gasteiger partial charge in [-0.2, -0.15) is 0 Å². The van der Waals surface area contributed by atoms with Crippen molar-refractivity contribution >= 4 is 15.9 Å². The molecule has 0 aromatic heterocycles. The van der Waals surface area contributed by atoms with Crippen LogP contribution in [0.5, 0.6) is 0 Å². The summed E-state index contributed by atoms with van der Waals surface area (Å²) >= 11 is 3.57. The van der Waals surface area contributed by atoms with Gasteiger partial charge in [0.1, 0.15) is 0 Å². The van der Waals surface area contributed by atoms with Crippen molar-refractivity contribution in [3.63, 3.8) is 0 Å². The number of unbranched alkanes of at least 4 members (excludes halogenated alkanes) is 2. The molecule has 0 bridgehead atoms. The zero-order valence-corrected chi connectivity index (χ0v) is 11.5. The number of hydrogen-bond acceptors (Lipinski definition) is 1. The van der Waals surface area contributed by atoms with E-state index in [-0.39, 0.29) is 0 Å². The maximum atomic E-state index is 3.57. The molecule has 1 heterocycles. The zero-order chi connectivity index (χ0) is 11.4. The monoisotopic (exact) mass is 281 g/mol. The Bertz CT molecular complexity index is 344. The highest BCUT2D eigenvalue weighted by Crippen LogP contribution is 2.35. The zero-order valence-electron chi connectivity index (χ0n) is 9.93. The lowest BCUT2D eigenvalue weighted by Gasteiger charge is -2.43. The number of hydrogen-bond donors (Lipinski definition) is 1. The summed E-state index contributed by atoms with van der Waals surface area (Å²) in [5, 5.41) is 3.43. The molecule has 0 amide bonds. The molecule has 1 N–H and O–H groups in total. The Balaban J connectivity index is 2.08. The first-order chi connectivity index (χ1) is 7.77. The molecule has 0 unspecified atom stereocenters. The number of benzene rings is 1. The summed E-state index contributed by atoms with van der Waals surface area (Å²) in [6.07, 6.45) is 5.34. The number of nitrogens with one attached hydrogen (secondary N) is 1. The van der Waals surface area contributed by atoms with Crippen LogP contribution in [0.1, 0.15) is 38.2 Å². The Labute approximate surface area is 107 Å². The van der Waals surface area contributed by atoms with Gasteiger partial charge in [-0.1, -0.05) is 54.2 Å². The van der Waals surface area contributed by atoms with Gasteiger partial charge in [0.15, 0.2) is 0 Å². The lowest BCUT2D eigenvalue weighted by atomic mass is 9.71. The van der Waals surface area contributed by atoms with Gasteiger partial charge >= 0.3 is 0 Å². The van der Waals surface area contributed by atoms with Gasteiger partial charge in [0.05, 0.1) is 0 Å². The minimum Gasteiger partial charge on any atom is -0.315 e. The van der Waals surface area contributed by atoms with Gasteiger partial charge in [-0.25, -0.2) is 0 Å². The molecule has 0 aliphatic carbocycles. The molecule has 0 spiro atoms. The van der Waals surface area contributed by atoms with Crippen LogP contribution in [0.2, 0.25) is 0 Å². The van der Waals surface area contributed by atoms with E-state index in [0.29, 0.717) is 5.41 Å². The van der Waals surface area contributed by atoms with E-state index in [1.54, 1.807) is 0 Å². The van der Waals surface area contributed by atoms with E-state index >= 15 is 0 Å². The van der Waals surface area contributed by atoms with E-state index in [2.05, 4.69) is 52.4 Å². The molecule has 0 radical (unpaired) electrons. The highest BCUT2D eigenvalue weighted by Gasteiger charge is 2.37. The maximum Gasteiger partial charge on any atom is 0.0203 e. The first kappa shape index (κ1) is 12.1. The number of rotatable bonds is 5. The minimum absolute atomic E-state index is 0.416. The average Bonchev–Trinajstić information content (AvgIpc) is 2.22. The minimum atomic E-state index is 0.416. The van der Waals surface area contributed by atoms with Crippen molar-refractivity contribution in [2.24, 2.45) is 0 Å². The summed E-state index contributed by atoms with van der Waals surface area (Å²) in [5.41, 5.74) is 1.91. The van der Waals surface area contributed by atoms with Crippen molar-refractivity contribution < 1.29 is 0 Å². The molecule has 2 heteroatoms. The van der Waals surface area contributed by atoms with Crippen molar-refractivity contribution in [1.82, 2.24) is 5.32 Å². The largest absolute Gasteiger partial charge is 0.315 e. The van der Waals surface area contributed by atoms with Gasteiger partial charge in [0.2, 0.25) is 0 Å². The summed E-state index contributed by atoms with van der Waals surface area (Å²) in [7, 11) is 0. The van der Waals surface area contributed by atoms with E-state index < -0.39 is 0 Å². The summed E-state index contributed by atoms with van der Waals surface area (Å²) in [6.45, 7) is 4.56. The van der Waals surface area contributed by atoms with Gasteiger partial charge in [0.25, 0.3) is 0 Å². The topological polar surface area (TPSA) is 12.0 Å². The molecule has 1 aromatic carbocycles. The van der Waals surface area contributed by atoms with Gasteiger partial charge in [0, 0.05) is 23.0 Å². The van der Waals surface area contributed by atoms with Crippen molar-refractivity contribution in [3.05, 3.63) is 34.3 Å². The summed E-state index contributed by atoms with van der Waals surface area (Å²) in [4.78, 5) is 0. The van der Waals surface area contributed by atoms with Gasteiger partial charge < -0.3 is 5.32 Å². The third-order valence-electron chi connectivity index (χ3n) is 3.62. The normalized spacial score (nSPS) is 18.1. The SMILES string of the molecule is CCCCCC1(c2cccc(Br)c2)CNC1. The van der Waals surface area contributed by atoms with Crippen LogP contribution in [0.4, 0.5) is 0 Å². The fraction of sp³-hybridized carbons (Fsp3) is 0.571. The summed E-state index contributed by atoms with van der Waals surface area (Å²) in [5.74, 6) is 0. The van der Waals surface area contributed by atoms with Gasteiger partial charge in [-0.15, -0.1) is 0 Å². The molecule has 1 fully saturated rings. The summed E-state index contributed by atoms with van der Waals surface area (Å²) < 4.78 is 1.20. The molecular formula is C14H20BrN. The van der Waals surface area contributed by atoms with Crippen LogP contribution < -0.4 is 5.32 Å². The highest BCUT2D eigenvalue weighted by atomic mass is 79.9. The fourth-order valence-corrected chi connectivity index (χ4v) is 2.88. The molecule has 1 aliphatic rings. The maximum absolute atomic E-state index is 3.57. The molecule has 1 nitrogen and oxygen atoms in total. The van der Waals surface area contributed by atoms with Crippen molar-refractivity contribution in [1.29, 1.82) is 0 Å². The number of halogens is 1. The van der Waals surface area contributed by atoms with Crippen LogP contribution in [-0.2, 0) is 5.41 Å². The standard InChI is InChI=1S/C14H20BrN/c1-2-3-4-8-14(10-16-11-14)12-6-5-7-13(15)9-12/h5-7,9,16H,2-4,8,10-11H2,1H3. The Hall–Kier alpha value is -0.340.